The zero-order chi connectivity index (χ0) is 15.2. The van der Waals surface area contributed by atoms with Crippen LogP contribution >= 0.6 is 0 Å². The fraction of sp³-hybridized carbons (Fsp3) is 0.571. The van der Waals surface area contributed by atoms with E-state index in [4.69, 9.17) is 0 Å². The number of nitrogens with one attached hydrogen (secondary N) is 1. The standard InChI is InChI=1S/C14H21F3N2O/c1-18-12(8-9-19(2)3)10-11-4-6-13(7-5-11)20-14(15,16)17/h4-7,12,18H,8-10H2,1-3H3. The van der Waals surface area contributed by atoms with Gasteiger partial charge in [0.25, 0.3) is 0 Å². The second-order valence-corrected chi connectivity index (χ2v) is 4.97. The summed E-state index contributed by atoms with van der Waals surface area (Å²) < 4.78 is 40.0. The minimum atomic E-state index is -4.64. The molecule has 0 amide bonds. The van der Waals surface area contributed by atoms with Gasteiger partial charge in [-0.05, 0) is 58.2 Å². The summed E-state index contributed by atoms with van der Waals surface area (Å²) in [5.41, 5.74) is 0.984. The highest BCUT2D eigenvalue weighted by Gasteiger charge is 2.30. The molecule has 0 radical (unpaired) electrons. The quantitative estimate of drug-likeness (QED) is 0.835. The van der Waals surface area contributed by atoms with Crippen LogP contribution in [0.5, 0.6) is 5.75 Å². The van der Waals surface area contributed by atoms with E-state index in [-0.39, 0.29) is 5.75 Å². The van der Waals surface area contributed by atoms with E-state index >= 15 is 0 Å². The molecule has 0 aliphatic heterocycles. The third-order valence-corrected chi connectivity index (χ3v) is 2.97. The molecule has 0 aliphatic rings. The van der Waals surface area contributed by atoms with Crippen LogP contribution in [0.2, 0.25) is 0 Å². The van der Waals surface area contributed by atoms with Crippen molar-refractivity contribution in [3.8, 4) is 5.75 Å². The average molecular weight is 290 g/mol. The third-order valence-electron chi connectivity index (χ3n) is 2.97. The van der Waals surface area contributed by atoms with Gasteiger partial charge in [-0.15, -0.1) is 13.2 Å². The molecule has 0 spiro atoms. The molecule has 114 valence electrons. The number of ether oxygens (including phenoxy) is 1. The van der Waals surface area contributed by atoms with Crippen LogP contribution in [-0.4, -0.2) is 45.0 Å². The van der Waals surface area contributed by atoms with Gasteiger partial charge in [-0.3, -0.25) is 0 Å². The lowest BCUT2D eigenvalue weighted by Gasteiger charge is -2.19. The fourth-order valence-corrected chi connectivity index (χ4v) is 1.87. The maximum absolute atomic E-state index is 12.0. The fourth-order valence-electron chi connectivity index (χ4n) is 1.87. The van der Waals surface area contributed by atoms with Crippen molar-refractivity contribution >= 4 is 0 Å². The summed E-state index contributed by atoms with van der Waals surface area (Å²) in [4.78, 5) is 2.10. The van der Waals surface area contributed by atoms with Crippen LogP contribution in [-0.2, 0) is 6.42 Å². The zero-order valence-electron chi connectivity index (χ0n) is 12.0. The molecule has 3 nitrogen and oxygen atoms in total. The van der Waals surface area contributed by atoms with Crippen molar-refractivity contribution < 1.29 is 17.9 Å². The monoisotopic (exact) mass is 290 g/mol. The van der Waals surface area contributed by atoms with Crippen molar-refractivity contribution in [1.29, 1.82) is 0 Å². The van der Waals surface area contributed by atoms with Crippen LogP contribution in [0.4, 0.5) is 13.2 Å². The largest absolute Gasteiger partial charge is 0.573 e. The van der Waals surface area contributed by atoms with Gasteiger partial charge < -0.3 is 15.0 Å². The number of likely N-dealkylation sites (N-methyl/N-ethyl adjacent to an activating group) is 1. The molecule has 1 unspecified atom stereocenters. The Morgan fingerprint density at radius 3 is 2.25 bits per heavy atom. The second kappa shape index (κ2) is 7.50. The number of benzene rings is 1. The van der Waals surface area contributed by atoms with E-state index in [9.17, 15) is 13.2 Å². The third kappa shape index (κ3) is 6.77. The van der Waals surface area contributed by atoms with Gasteiger partial charge in [0, 0.05) is 6.04 Å². The molecule has 0 fully saturated rings. The Hall–Kier alpha value is -1.27. The van der Waals surface area contributed by atoms with Gasteiger partial charge in [-0.25, -0.2) is 0 Å². The van der Waals surface area contributed by atoms with E-state index in [1.165, 1.54) is 12.1 Å². The van der Waals surface area contributed by atoms with Gasteiger partial charge in [-0.2, -0.15) is 0 Å². The molecular formula is C14H21F3N2O. The van der Waals surface area contributed by atoms with Crippen molar-refractivity contribution in [2.24, 2.45) is 0 Å². The molecular weight excluding hydrogens is 269 g/mol. The average Bonchev–Trinajstić information content (AvgIpc) is 2.34. The lowest BCUT2D eigenvalue weighted by Crippen LogP contribution is -2.31. The minimum absolute atomic E-state index is 0.185. The Balaban J connectivity index is 2.55. The summed E-state index contributed by atoms with van der Waals surface area (Å²) in [5.74, 6) is -0.185. The van der Waals surface area contributed by atoms with Crippen LogP contribution in [0.1, 0.15) is 12.0 Å². The molecule has 0 saturated heterocycles. The van der Waals surface area contributed by atoms with Gasteiger partial charge in [0.05, 0.1) is 0 Å². The molecule has 0 heterocycles. The van der Waals surface area contributed by atoms with E-state index in [2.05, 4.69) is 15.0 Å². The predicted molar refractivity (Wildman–Crippen MR) is 72.8 cm³/mol. The van der Waals surface area contributed by atoms with E-state index in [0.29, 0.717) is 6.04 Å². The molecule has 0 aliphatic carbocycles. The summed E-state index contributed by atoms with van der Waals surface area (Å²) in [6.45, 7) is 0.959. The van der Waals surface area contributed by atoms with Gasteiger partial charge in [-0.1, -0.05) is 12.1 Å². The molecule has 1 atom stereocenters. The summed E-state index contributed by atoms with van der Waals surface area (Å²) in [6, 6.07) is 6.33. The van der Waals surface area contributed by atoms with Crippen molar-refractivity contribution in [3.05, 3.63) is 29.8 Å². The highest BCUT2D eigenvalue weighted by molar-refractivity contribution is 5.28. The molecule has 0 saturated carbocycles. The first-order chi connectivity index (χ1) is 9.30. The van der Waals surface area contributed by atoms with Crippen LogP contribution < -0.4 is 10.1 Å². The van der Waals surface area contributed by atoms with Crippen LogP contribution in [0.3, 0.4) is 0 Å². The van der Waals surface area contributed by atoms with Crippen molar-refractivity contribution in [2.45, 2.75) is 25.2 Å². The number of halogens is 3. The maximum atomic E-state index is 12.0. The molecule has 6 heteroatoms. The molecule has 1 N–H and O–H groups in total. The Labute approximate surface area is 117 Å². The van der Waals surface area contributed by atoms with Crippen molar-refractivity contribution in [3.63, 3.8) is 0 Å². The van der Waals surface area contributed by atoms with E-state index < -0.39 is 6.36 Å². The van der Waals surface area contributed by atoms with Crippen LogP contribution in [0.15, 0.2) is 24.3 Å². The normalized spacial score (nSPS) is 13.6. The van der Waals surface area contributed by atoms with E-state index in [0.717, 1.165) is 24.9 Å². The Kier molecular flexibility index (Phi) is 6.29. The summed E-state index contributed by atoms with van der Waals surface area (Å²) in [6.07, 6.45) is -2.89. The first kappa shape index (κ1) is 16.8. The van der Waals surface area contributed by atoms with Crippen molar-refractivity contribution in [1.82, 2.24) is 10.2 Å². The Morgan fingerprint density at radius 2 is 1.80 bits per heavy atom. The van der Waals surface area contributed by atoms with Gasteiger partial charge >= 0.3 is 6.36 Å². The minimum Gasteiger partial charge on any atom is -0.406 e. The summed E-state index contributed by atoms with van der Waals surface area (Å²) in [7, 11) is 5.91. The molecule has 0 aromatic heterocycles. The van der Waals surface area contributed by atoms with Crippen LogP contribution in [0, 0.1) is 0 Å². The lowest BCUT2D eigenvalue weighted by atomic mass is 10.0. The lowest BCUT2D eigenvalue weighted by molar-refractivity contribution is -0.274. The van der Waals surface area contributed by atoms with E-state index in [1.807, 2.05) is 21.1 Å². The van der Waals surface area contributed by atoms with Gasteiger partial charge in [0.15, 0.2) is 0 Å². The number of hydrogen-bond donors (Lipinski definition) is 1. The molecule has 0 bridgehead atoms. The second-order valence-electron chi connectivity index (χ2n) is 4.97. The SMILES string of the molecule is CNC(CCN(C)C)Cc1ccc(OC(F)(F)F)cc1. The first-order valence-electron chi connectivity index (χ1n) is 6.47. The smallest absolute Gasteiger partial charge is 0.406 e. The number of rotatable bonds is 7. The number of nitrogens with zero attached hydrogens (tertiary/aromatic N) is 1. The molecule has 1 aromatic carbocycles. The van der Waals surface area contributed by atoms with E-state index in [1.54, 1.807) is 12.1 Å². The highest BCUT2D eigenvalue weighted by Crippen LogP contribution is 2.23. The Morgan fingerprint density at radius 1 is 1.20 bits per heavy atom. The first-order valence-corrected chi connectivity index (χ1v) is 6.47. The highest BCUT2D eigenvalue weighted by atomic mass is 19.4. The van der Waals surface area contributed by atoms with Crippen molar-refractivity contribution in [2.75, 3.05) is 27.7 Å². The Bertz CT molecular complexity index is 390. The topological polar surface area (TPSA) is 24.5 Å². The number of hydrogen-bond acceptors (Lipinski definition) is 3. The van der Waals surface area contributed by atoms with Gasteiger partial charge in [0.2, 0.25) is 0 Å². The zero-order valence-corrected chi connectivity index (χ0v) is 12.0. The molecule has 1 aromatic rings. The van der Waals surface area contributed by atoms with Crippen LogP contribution in [0.25, 0.3) is 0 Å². The maximum Gasteiger partial charge on any atom is 0.573 e. The summed E-state index contributed by atoms with van der Waals surface area (Å²) in [5, 5.41) is 3.22. The molecule has 1 rings (SSSR count). The van der Waals surface area contributed by atoms with Gasteiger partial charge in [0.1, 0.15) is 5.75 Å². The predicted octanol–water partition coefficient (Wildman–Crippen LogP) is 2.67. The number of alkyl halides is 3. The summed E-state index contributed by atoms with van der Waals surface area (Å²) >= 11 is 0. The molecule has 20 heavy (non-hydrogen) atoms.